The molecule has 0 radical (unpaired) electrons. The Hall–Kier alpha value is -2.75. The first-order chi connectivity index (χ1) is 15.6. The summed E-state index contributed by atoms with van der Waals surface area (Å²) in [6, 6.07) is 6.43. The summed E-state index contributed by atoms with van der Waals surface area (Å²) >= 11 is 0. The summed E-state index contributed by atoms with van der Waals surface area (Å²) in [7, 11) is 1.89. The average Bonchev–Trinajstić information content (AvgIpc) is 2.76. The van der Waals surface area contributed by atoms with E-state index in [0.717, 1.165) is 43.8 Å². The predicted octanol–water partition coefficient (Wildman–Crippen LogP) is 3.60. The summed E-state index contributed by atoms with van der Waals surface area (Å²) < 4.78 is 40.7. The van der Waals surface area contributed by atoms with E-state index in [2.05, 4.69) is 32.2 Å². The van der Waals surface area contributed by atoms with E-state index in [1.165, 1.54) is 12.1 Å². The molecule has 1 atom stereocenters. The average molecular weight is 468 g/mol. The van der Waals surface area contributed by atoms with Gasteiger partial charge in [-0.2, -0.15) is 0 Å². The fourth-order valence-corrected chi connectivity index (χ4v) is 4.03. The van der Waals surface area contributed by atoms with E-state index in [-0.39, 0.29) is 17.7 Å². The van der Waals surface area contributed by atoms with Gasteiger partial charge in [0.05, 0.1) is 5.57 Å². The quantitative estimate of drug-likeness (QED) is 0.612. The number of halogens is 3. The van der Waals surface area contributed by atoms with Crippen LogP contribution in [-0.2, 0) is 4.79 Å². The zero-order chi connectivity index (χ0) is 24.0. The molecule has 0 spiro atoms. The van der Waals surface area contributed by atoms with Crippen molar-refractivity contribution in [2.24, 2.45) is 4.99 Å². The van der Waals surface area contributed by atoms with Gasteiger partial charge in [-0.15, -0.1) is 13.2 Å². The van der Waals surface area contributed by atoms with E-state index in [9.17, 15) is 18.0 Å². The number of nitrogens with one attached hydrogen (secondary N) is 2. The monoisotopic (exact) mass is 467 g/mol. The molecule has 0 aliphatic carbocycles. The van der Waals surface area contributed by atoms with Gasteiger partial charge in [-0.05, 0) is 57.4 Å². The first-order valence-electron chi connectivity index (χ1n) is 11.2. The fraction of sp³-hybridized carbons (Fsp3) is 0.565. The number of carbonyl (C=O) groups excluding carboxylic acids is 1. The van der Waals surface area contributed by atoms with E-state index in [1.54, 1.807) is 12.1 Å². The molecular formula is C23H32F3N5O2. The standard InChI is InChI=1S/C23H32F3N5O2/c1-16(8-11-27-22(32)21-14-30(3)15-28-17(21)2)31-12-9-19(10-13-31)29-18-4-6-20(7-5-18)33-23(24,25)26/h4-7,14,16,19,29H,8-13,15H2,1-3H3,(H,27,32)/t16-/m1/s1. The number of ether oxygens (including phenoxy) is 1. The van der Waals surface area contributed by atoms with E-state index < -0.39 is 6.36 Å². The van der Waals surface area contributed by atoms with Gasteiger partial charge in [0.25, 0.3) is 5.91 Å². The maximum absolute atomic E-state index is 12.4. The van der Waals surface area contributed by atoms with E-state index in [4.69, 9.17) is 0 Å². The smallest absolute Gasteiger partial charge is 0.406 e. The first kappa shape index (κ1) is 24.9. The molecule has 1 saturated heterocycles. The van der Waals surface area contributed by atoms with Crippen LogP contribution in [0.1, 0.15) is 33.1 Å². The lowest BCUT2D eigenvalue weighted by molar-refractivity contribution is -0.274. The largest absolute Gasteiger partial charge is 0.573 e. The lowest BCUT2D eigenvalue weighted by Gasteiger charge is -2.36. The van der Waals surface area contributed by atoms with Crippen molar-refractivity contribution < 1.29 is 22.7 Å². The second-order valence-electron chi connectivity index (χ2n) is 8.61. The molecule has 33 heavy (non-hydrogen) atoms. The van der Waals surface area contributed by atoms with Gasteiger partial charge in [-0.1, -0.05) is 0 Å². The fourth-order valence-electron chi connectivity index (χ4n) is 4.03. The SMILES string of the molecule is CC1=NCN(C)C=C1C(=O)NCC[C@@H](C)N1CCC(Nc2ccc(OC(F)(F)F)cc2)CC1. The van der Waals surface area contributed by atoms with Crippen LogP contribution in [0.3, 0.4) is 0 Å². The maximum atomic E-state index is 12.4. The molecule has 0 saturated carbocycles. The molecular weight excluding hydrogens is 435 g/mol. The van der Waals surface area contributed by atoms with Crippen molar-refractivity contribution in [3.05, 3.63) is 36.0 Å². The third-order valence-corrected chi connectivity index (χ3v) is 5.97. The summed E-state index contributed by atoms with van der Waals surface area (Å²) in [6.07, 6.45) is -0.128. The van der Waals surface area contributed by atoms with Gasteiger partial charge in [0.2, 0.25) is 0 Å². The van der Waals surface area contributed by atoms with Gasteiger partial charge in [0.15, 0.2) is 0 Å². The number of rotatable bonds is 8. The van der Waals surface area contributed by atoms with Gasteiger partial charge in [-0.25, -0.2) is 0 Å². The number of hydrogen-bond donors (Lipinski definition) is 2. The summed E-state index contributed by atoms with van der Waals surface area (Å²) in [5, 5.41) is 6.39. The van der Waals surface area contributed by atoms with Crippen molar-refractivity contribution >= 4 is 17.3 Å². The highest BCUT2D eigenvalue weighted by molar-refractivity contribution is 6.20. The molecule has 0 bridgehead atoms. The highest BCUT2D eigenvalue weighted by Crippen LogP contribution is 2.25. The van der Waals surface area contributed by atoms with Crippen molar-refractivity contribution in [1.29, 1.82) is 0 Å². The second-order valence-corrected chi connectivity index (χ2v) is 8.61. The zero-order valence-electron chi connectivity index (χ0n) is 19.3. The van der Waals surface area contributed by atoms with Gasteiger partial charge in [-0.3, -0.25) is 9.79 Å². The first-order valence-corrected chi connectivity index (χ1v) is 11.2. The third-order valence-electron chi connectivity index (χ3n) is 5.97. The van der Waals surface area contributed by atoms with Crippen LogP contribution in [0.25, 0.3) is 0 Å². The number of hydrogen-bond acceptors (Lipinski definition) is 6. The number of anilines is 1. The van der Waals surface area contributed by atoms with Crippen molar-refractivity contribution in [3.8, 4) is 5.75 Å². The van der Waals surface area contributed by atoms with Crippen LogP contribution in [0.4, 0.5) is 18.9 Å². The van der Waals surface area contributed by atoms with E-state index >= 15 is 0 Å². The molecule has 0 unspecified atom stereocenters. The lowest BCUT2D eigenvalue weighted by Crippen LogP contribution is -2.44. The van der Waals surface area contributed by atoms with Crippen LogP contribution in [-0.4, -0.2) is 73.2 Å². The minimum Gasteiger partial charge on any atom is -0.406 e. The summed E-state index contributed by atoms with van der Waals surface area (Å²) in [6.45, 7) is 7.03. The van der Waals surface area contributed by atoms with Crippen LogP contribution in [0.15, 0.2) is 41.0 Å². The number of likely N-dealkylation sites (tertiary alicyclic amines) is 1. The Morgan fingerprint density at radius 1 is 1.24 bits per heavy atom. The number of nitrogens with zero attached hydrogens (tertiary/aromatic N) is 3. The highest BCUT2D eigenvalue weighted by Gasteiger charge is 2.31. The number of alkyl halides is 3. The van der Waals surface area contributed by atoms with E-state index in [1.807, 2.05) is 25.1 Å². The Labute approximate surface area is 192 Å². The molecule has 7 nitrogen and oxygen atoms in total. The topological polar surface area (TPSA) is 69.2 Å². The van der Waals surface area contributed by atoms with Crippen LogP contribution < -0.4 is 15.4 Å². The summed E-state index contributed by atoms with van der Waals surface area (Å²) in [5.41, 5.74) is 2.15. The van der Waals surface area contributed by atoms with Crippen LogP contribution in [0, 0.1) is 0 Å². The summed E-state index contributed by atoms with van der Waals surface area (Å²) in [5.74, 6) is -0.317. The molecule has 2 heterocycles. The molecule has 3 rings (SSSR count). The molecule has 2 aliphatic rings. The van der Waals surface area contributed by atoms with Gasteiger partial charge in [0.1, 0.15) is 12.4 Å². The maximum Gasteiger partial charge on any atom is 0.573 e. The van der Waals surface area contributed by atoms with Gasteiger partial charge in [0, 0.05) is 56.4 Å². The van der Waals surface area contributed by atoms with Crippen molar-refractivity contribution in [2.75, 3.05) is 38.7 Å². The molecule has 0 aromatic heterocycles. The van der Waals surface area contributed by atoms with Crippen molar-refractivity contribution in [2.45, 2.75) is 51.6 Å². The van der Waals surface area contributed by atoms with Gasteiger partial charge >= 0.3 is 6.36 Å². The molecule has 1 aromatic carbocycles. The number of piperidine rings is 1. The Kier molecular flexibility index (Phi) is 8.23. The minimum absolute atomic E-state index is 0.0930. The van der Waals surface area contributed by atoms with Crippen molar-refractivity contribution in [3.63, 3.8) is 0 Å². The molecule has 2 aliphatic heterocycles. The van der Waals surface area contributed by atoms with Crippen LogP contribution in [0.5, 0.6) is 5.75 Å². The Balaban J connectivity index is 1.37. The van der Waals surface area contributed by atoms with E-state index in [0.29, 0.717) is 24.8 Å². The number of benzene rings is 1. The second kappa shape index (κ2) is 10.9. The normalized spacial score (nSPS) is 18.9. The van der Waals surface area contributed by atoms with Crippen LogP contribution >= 0.6 is 0 Å². The number of carbonyl (C=O) groups is 1. The molecule has 1 amide bonds. The van der Waals surface area contributed by atoms with Gasteiger partial charge < -0.3 is 25.2 Å². The summed E-state index contributed by atoms with van der Waals surface area (Å²) in [4.78, 5) is 21.1. The lowest BCUT2D eigenvalue weighted by atomic mass is 10.0. The minimum atomic E-state index is -4.68. The third kappa shape index (κ3) is 7.66. The molecule has 182 valence electrons. The number of amides is 1. The van der Waals surface area contributed by atoms with Crippen molar-refractivity contribution in [1.82, 2.24) is 15.1 Å². The molecule has 1 aromatic rings. The number of aliphatic imine (C=N–C) groups is 1. The zero-order valence-corrected chi connectivity index (χ0v) is 19.3. The Morgan fingerprint density at radius 3 is 2.55 bits per heavy atom. The molecule has 10 heteroatoms. The molecule has 2 N–H and O–H groups in total. The predicted molar refractivity (Wildman–Crippen MR) is 122 cm³/mol. The highest BCUT2D eigenvalue weighted by atomic mass is 19.4. The van der Waals surface area contributed by atoms with Crippen LogP contribution in [0.2, 0.25) is 0 Å². The Morgan fingerprint density at radius 2 is 1.91 bits per heavy atom. The molecule has 1 fully saturated rings. The Bertz CT molecular complexity index is 862.